The maximum Gasteiger partial charge on any atom is 0.305 e. The first-order chi connectivity index (χ1) is 10.4. The van der Waals surface area contributed by atoms with E-state index in [0.29, 0.717) is 13.1 Å². The van der Waals surface area contributed by atoms with Crippen LogP contribution >= 0.6 is 0 Å². The third kappa shape index (κ3) is 3.39. The first kappa shape index (κ1) is 16.7. The largest absolute Gasteiger partial charge is 0.469 e. The maximum atomic E-state index is 12.7. The summed E-state index contributed by atoms with van der Waals surface area (Å²) in [6.07, 6.45) is 1.92. The average molecular weight is 323 g/mol. The van der Waals surface area contributed by atoms with Gasteiger partial charge in [0, 0.05) is 13.1 Å². The number of hydrogen-bond donors (Lipinski definition) is 0. The van der Waals surface area contributed by atoms with E-state index >= 15 is 0 Å². The van der Waals surface area contributed by atoms with Gasteiger partial charge < -0.3 is 4.74 Å². The van der Waals surface area contributed by atoms with Gasteiger partial charge in [0.05, 0.1) is 18.4 Å². The highest BCUT2D eigenvalue weighted by molar-refractivity contribution is 7.89. The van der Waals surface area contributed by atoms with Gasteiger partial charge >= 0.3 is 5.97 Å². The van der Waals surface area contributed by atoms with Crippen LogP contribution in [-0.2, 0) is 19.6 Å². The molecule has 0 N–H and O–H groups in total. The number of carbonyl (C=O) groups is 1. The van der Waals surface area contributed by atoms with Crippen molar-refractivity contribution in [3.8, 4) is 0 Å². The van der Waals surface area contributed by atoms with Gasteiger partial charge in [-0.05, 0) is 30.9 Å². The number of nitrogens with zero attached hydrogens (tertiary/aromatic N) is 1. The van der Waals surface area contributed by atoms with Crippen molar-refractivity contribution in [2.24, 2.45) is 11.8 Å². The molecule has 120 valence electrons. The van der Waals surface area contributed by atoms with Crippen LogP contribution < -0.4 is 0 Å². The molecule has 1 aromatic carbocycles. The Morgan fingerprint density at radius 1 is 1.36 bits per heavy atom. The van der Waals surface area contributed by atoms with Crippen molar-refractivity contribution in [2.45, 2.75) is 18.2 Å². The Bertz CT molecular complexity index is 651. The van der Waals surface area contributed by atoms with Gasteiger partial charge in [0.15, 0.2) is 0 Å². The number of aryl methyl sites for hydroxylation is 1. The molecule has 0 aliphatic carbocycles. The Morgan fingerprint density at radius 3 is 2.55 bits per heavy atom. The molecule has 1 aromatic rings. The fourth-order valence-corrected chi connectivity index (χ4v) is 4.23. The van der Waals surface area contributed by atoms with Crippen molar-refractivity contribution in [1.82, 2.24) is 4.31 Å². The Morgan fingerprint density at radius 2 is 2.00 bits per heavy atom. The van der Waals surface area contributed by atoms with Crippen LogP contribution in [0.5, 0.6) is 0 Å². The molecule has 0 saturated carbocycles. The number of methoxy groups -OCH3 is 1. The molecule has 0 spiro atoms. The molecule has 2 atom stereocenters. The summed E-state index contributed by atoms with van der Waals surface area (Å²) in [6, 6.07) is 6.78. The van der Waals surface area contributed by atoms with Crippen LogP contribution in [0.15, 0.2) is 41.8 Å². The molecule has 0 bridgehead atoms. The van der Waals surface area contributed by atoms with Crippen LogP contribution in [-0.4, -0.2) is 38.9 Å². The van der Waals surface area contributed by atoms with Gasteiger partial charge in [-0.1, -0.05) is 23.8 Å². The number of carbonyl (C=O) groups excluding carboxylic acids is 1. The van der Waals surface area contributed by atoms with Gasteiger partial charge in [-0.3, -0.25) is 4.79 Å². The summed E-state index contributed by atoms with van der Waals surface area (Å²) in [5.41, 5.74) is 1.01. The van der Waals surface area contributed by atoms with E-state index in [2.05, 4.69) is 11.3 Å². The van der Waals surface area contributed by atoms with Gasteiger partial charge in [0.2, 0.25) is 10.0 Å². The fraction of sp³-hybridized carbons (Fsp3) is 0.438. The van der Waals surface area contributed by atoms with Crippen molar-refractivity contribution >= 4 is 16.0 Å². The smallest absolute Gasteiger partial charge is 0.305 e. The first-order valence-electron chi connectivity index (χ1n) is 7.14. The summed E-state index contributed by atoms with van der Waals surface area (Å²) in [7, 11) is -2.21. The molecule has 1 aliphatic heterocycles. The number of sulfonamides is 1. The van der Waals surface area contributed by atoms with Crippen molar-refractivity contribution in [1.29, 1.82) is 0 Å². The number of hydrogen-bond acceptors (Lipinski definition) is 4. The van der Waals surface area contributed by atoms with Crippen LogP contribution in [0, 0.1) is 18.8 Å². The molecular formula is C16H21NO4S. The fourth-order valence-electron chi connectivity index (χ4n) is 2.69. The quantitative estimate of drug-likeness (QED) is 0.614. The number of esters is 1. The molecule has 1 aliphatic rings. The predicted octanol–water partition coefficient (Wildman–Crippen LogP) is 1.98. The molecule has 0 amide bonds. The number of benzene rings is 1. The zero-order valence-electron chi connectivity index (χ0n) is 12.9. The maximum absolute atomic E-state index is 12.7. The van der Waals surface area contributed by atoms with Crippen molar-refractivity contribution in [3.63, 3.8) is 0 Å². The summed E-state index contributed by atoms with van der Waals surface area (Å²) in [6.45, 7) is 6.32. The minimum Gasteiger partial charge on any atom is -0.469 e. The monoisotopic (exact) mass is 323 g/mol. The molecule has 1 heterocycles. The van der Waals surface area contributed by atoms with Crippen LogP contribution in [0.3, 0.4) is 0 Å². The molecule has 1 saturated heterocycles. The second-order valence-corrected chi connectivity index (χ2v) is 7.51. The second kappa shape index (κ2) is 6.62. The molecule has 1 fully saturated rings. The highest BCUT2D eigenvalue weighted by Crippen LogP contribution is 2.31. The Balaban J connectivity index is 2.20. The van der Waals surface area contributed by atoms with Crippen molar-refractivity contribution < 1.29 is 17.9 Å². The van der Waals surface area contributed by atoms with Crippen LogP contribution in [0.4, 0.5) is 0 Å². The van der Waals surface area contributed by atoms with E-state index in [1.54, 1.807) is 30.3 Å². The normalized spacial score (nSPS) is 22.5. The third-order valence-electron chi connectivity index (χ3n) is 4.08. The standard InChI is InChI=1S/C16H21NO4S/c1-4-13-10-17(11-14(13)9-16(18)21-3)22(19,20)15-7-5-12(2)6-8-15/h4-8,13-14H,1,9-11H2,2-3H3/t13-,14+/m1/s1. The van der Waals surface area contributed by atoms with E-state index < -0.39 is 10.0 Å². The lowest BCUT2D eigenvalue weighted by atomic mass is 9.93. The van der Waals surface area contributed by atoms with Crippen LogP contribution in [0.25, 0.3) is 0 Å². The highest BCUT2D eigenvalue weighted by Gasteiger charge is 2.38. The molecule has 0 aromatic heterocycles. The van der Waals surface area contributed by atoms with E-state index in [-0.39, 0.29) is 29.1 Å². The summed E-state index contributed by atoms with van der Waals surface area (Å²) in [5, 5.41) is 0. The van der Waals surface area contributed by atoms with E-state index in [9.17, 15) is 13.2 Å². The SMILES string of the molecule is C=C[C@@H]1CN(S(=O)(=O)c2ccc(C)cc2)C[C@@H]1CC(=O)OC. The molecule has 0 radical (unpaired) electrons. The minimum atomic E-state index is -3.54. The van der Waals surface area contributed by atoms with Gasteiger partial charge in [-0.15, -0.1) is 6.58 Å². The molecule has 2 rings (SSSR count). The average Bonchev–Trinajstić information content (AvgIpc) is 2.91. The Labute approximate surface area is 131 Å². The lowest BCUT2D eigenvalue weighted by Crippen LogP contribution is -2.29. The number of rotatable bonds is 5. The number of ether oxygens (including phenoxy) is 1. The Hall–Kier alpha value is -1.66. The Kier molecular flexibility index (Phi) is 5.03. The van der Waals surface area contributed by atoms with Crippen molar-refractivity contribution in [3.05, 3.63) is 42.5 Å². The zero-order valence-corrected chi connectivity index (χ0v) is 13.7. The topological polar surface area (TPSA) is 63.7 Å². The van der Waals surface area contributed by atoms with Gasteiger partial charge in [0.1, 0.15) is 0 Å². The lowest BCUT2D eigenvalue weighted by Gasteiger charge is -2.16. The van der Waals surface area contributed by atoms with Crippen molar-refractivity contribution in [2.75, 3.05) is 20.2 Å². The van der Waals surface area contributed by atoms with E-state index in [1.807, 2.05) is 6.92 Å². The summed E-state index contributed by atoms with van der Waals surface area (Å²) in [4.78, 5) is 11.7. The summed E-state index contributed by atoms with van der Waals surface area (Å²) >= 11 is 0. The van der Waals surface area contributed by atoms with E-state index in [1.165, 1.54) is 11.4 Å². The van der Waals surface area contributed by atoms with E-state index in [4.69, 9.17) is 0 Å². The van der Waals surface area contributed by atoms with E-state index in [0.717, 1.165) is 5.56 Å². The second-order valence-electron chi connectivity index (χ2n) is 5.57. The summed E-state index contributed by atoms with van der Waals surface area (Å²) < 4.78 is 31.5. The zero-order chi connectivity index (χ0) is 16.3. The van der Waals surface area contributed by atoms with Crippen LogP contribution in [0.1, 0.15) is 12.0 Å². The molecule has 0 unspecified atom stereocenters. The summed E-state index contributed by atoms with van der Waals surface area (Å²) in [5.74, 6) is -0.462. The highest BCUT2D eigenvalue weighted by atomic mass is 32.2. The molecular weight excluding hydrogens is 302 g/mol. The van der Waals surface area contributed by atoms with Gasteiger partial charge in [-0.25, -0.2) is 8.42 Å². The van der Waals surface area contributed by atoms with Gasteiger partial charge in [-0.2, -0.15) is 4.31 Å². The molecule has 22 heavy (non-hydrogen) atoms. The lowest BCUT2D eigenvalue weighted by molar-refractivity contribution is -0.141. The third-order valence-corrected chi connectivity index (χ3v) is 5.92. The predicted molar refractivity (Wildman–Crippen MR) is 83.7 cm³/mol. The van der Waals surface area contributed by atoms with Crippen LogP contribution in [0.2, 0.25) is 0 Å². The van der Waals surface area contributed by atoms with Gasteiger partial charge in [0.25, 0.3) is 0 Å². The minimum absolute atomic E-state index is 0.0423. The molecule has 6 heteroatoms. The molecule has 5 nitrogen and oxygen atoms in total. The first-order valence-corrected chi connectivity index (χ1v) is 8.58.